The molecule has 1 fully saturated rings. The Labute approximate surface area is 101 Å². The fraction of sp³-hybridized carbons (Fsp3) is 0.538. The van der Waals surface area contributed by atoms with Gasteiger partial charge in [-0.15, -0.1) is 0 Å². The molecule has 1 saturated heterocycles. The van der Waals surface area contributed by atoms with Crippen LogP contribution in [0.3, 0.4) is 0 Å². The number of benzene rings is 1. The van der Waals surface area contributed by atoms with Crippen LogP contribution in [0.4, 0.5) is 4.39 Å². The van der Waals surface area contributed by atoms with Crippen molar-refractivity contribution >= 4 is 11.6 Å². The quantitative estimate of drug-likeness (QED) is 0.837. The molecule has 16 heavy (non-hydrogen) atoms. The third kappa shape index (κ3) is 2.23. The molecule has 0 aliphatic carbocycles. The second-order valence-corrected chi connectivity index (χ2v) is 4.97. The minimum Gasteiger partial charge on any atom is -0.314 e. The highest BCUT2D eigenvalue weighted by atomic mass is 35.5. The molecule has 88 valence electrons. The zero-order valence-electron chi connectivity index (χ0n) is 9.74. The largest absolute Gasteiger partial charge is 0.314 e. The highest BCUT2D eigenvalue weighted by molar-refractivity contribution is 6.31. The number of halogens is 2. The highest BCUT2D eigenvalue weighted by Crippen LogP contribution is 2.28. The predicted octanol–water partition coefficient (Wildman–Crippen LogP) is 3.39. The van der Waals surface area contributed by atoms with Gasteiger partial charge < -0.3 is 5.32 Å². The molecule has 1 aromatic carbocycles. The van der Waals surface area contributed by atoms with Crippen molar-refractivity contribution in [2.24, 2.45) is 0 Å². The van der Waals surface area contributed by atoms with E-state index in [1.807, 2.05) is 13.8 Å². The molecular weight excluding hydrogens is 225 g/mol. The standard InChI is InChI=1S/C13H17ClFN/c1-8-6-12(15)13(14)11(9(8)2)7-10-4-3-5-16-10/h6,10,16H,3-5,7H2,1-2H3. The molecule has 1 aromatic rings. The minimum atomic E-state index is -0.294. The Kier molecular flexibility index (Phi) is 3.50. The summed E-state index contributed by atoms with van der Waals surface area (Å²) in [7, 11) is 0. The summed E-state index contributed by atoms with van der Waals surface area (Å²) >= 11 is 6.05. The summed E-state index contributed by atoms with van der Waals surface area (Å²) in [6, 6.07) is 1.97. The molecule has 0 saturated carbocycles. The molecule has 1 nitrogen and oxygen atoms in total. The van der Waals surface area contributed by atoms with E-state index >= 15 is 0 Å². The van der Waals surface area contributed by atoms with E-state index < -0.39 is 0 Å². The van der Waals surface area contributed by atoms with E-state index in [9.17, 15) is 4.39 Å². The SMILES string of the molecule is Cc1cc(F)c(Cl)c(CC2CCCN2)c1C. The van der Waals surface area contributed by atoms with Gasteiger partial charge in [0.15, 0.2) is 0 Å². The Morgan fingerprint density at radius 1 is 1.50 bits per heavy atom. The molecule has 0 spiro atoms. The van der Waals surface area contributed by atoms with E-state index in [1.165, 1.54) is 12.5 Å². The molecular formula is C13H17ClFN. The highest BCUT2D eigenvalue weighted by Gasteiger charge is 2.19. The Bertz CT molecular complexity index is 371. The van der Waals surface area contributed by atoms with Crippen LogP contribution in [0.1, 0.15) is 29.5 Å². The molecule has 0 aromatic heterocycles. The first-order chi connectivity index (χ1) is 7.59. The molecule has 2 rings (SSSR count). The van der Waals surface area contributed by atoms with Crippen molar-refractivity contribution in [3.63, 3.8) is 0 Å². The first-order valence-electron chi connectivity index (χ1n) is 5.77. The number of hydrogen-bond acceptors (Lipinski definition) is 1. The summed E-state index contributed by atoms with van der Waals surface area (Å²) in [4.78, 5) is 0. The lowest BCUT2D eigenvalue weighted by Gasteiger charge is -2.16. The first kappa shape index (κ1) is 11.9. The van der Waals surface area contributed by atoms with Gasteiger partial charge in [0.25, 0.3) is 0 Å². The average molecular weight is 242 g/mol. The lowest BCUT2D eigenvalue weighted by Crippen LogP contribution is -2.24. The Morgan fingerprint density at radius 3 is 2.88 bits per heavy atom. The van der Waals surface area contributed by atoms with E-state index in [2.05, 4.69) is 5.32 Å². The summed E-state index contributed by atoms with van der Waals surface area (Å²) < 4.78 is 13.5. The third-order valence-corrected chi connectivity index (χ3v) is 3.88. The minimum absolute atomic E-state index is 0.294. The second-order valence-electron chi connectivity index (χ2n) is 4.59. The molecule has 1 aliphatic rings. The first-order valence-corrected chi connectivity index (χ1v) is 6.15. The molecule has 0 amide bonds. The maximum Gasteiger partial charge on any atom is 0.142 e. The average Bonchev–Trinajstić information content (AvgIpc) is 2.74. The Balaban J connectivity index is 2.31. The van der Waals surface area contributed by atoms with Crippen molar-refractivity contribution in [1.82, 2.24) is 5.32 Å². The summed E-state index contributed by atoms with van der Waals surface area (Å²) in [5, 5.41) is 3.72. The number of hydrogen-bond donors (Lipinski definition) is 1. The zero-order chi connectivity index (χ0) is 11.7. The molecule has 0 radical (unpaired) electrons. The van der Waals surface area contributed by atoms with Crippen LogP contribution in [0.25, 0.3) is 0 Å². The van der Waals surface area contributed by atoms with Crippen LogP contribution in [0.2, 0.25) is 5.02 Å². The topological polar surface area (TPSA) is 12.0 Å². The van der Waals surface area contributed by atoms with Crippen molar-refractivity contribution in [3.05, 3.63) is 33.6 Å². The van der Waals surface area contributed by atoms with E-state index in [1.54, 1.807) is 0 Å². The van der Waals surface area contributed by atoms with Crippen LogP contribution >= 0.6 is 11.6 Å². The summed E-state index contributed by atoms with van der Waals surface area (Å²) in [5.74, 6) is -0.294. The Hall–Kier alpha value is -0.600. The van der Waals surface area contributed by atoms with E-state index in [-0.39, 0.29) is 5.82 Å². The number of aryl methyl sites for hydroxylation is 1. The maximum atomic E-state index is 13.5. The van der Waals surface area contributed by atoms with Gasteiger partial charge >= 0.3 is 0 Å². The van der Waals surface area contributed by atoms with Crippen molar-refractivity contribution < 1.29 is 4.39 Å². The van der Waals surface area contributed by atoms with Crippen LogP contribution in [0.15, 0.2) is 6.07 Å². The smallest absolute Gasteiger partial charge is 0.142 e. The lowest BCUT2D eigenvalue weighted by atomic mass is 9.96. The van der Waals surface area contributed by atoms with E-state index in [0.717, 1.165) is 36.1 Å². The van der Waals surface area contributed by atoms with Crippen molar-refractivity contribution in [3.8, 4) is 0 Å². The second kappa shape index (κ2) is 4.72. The summed E-state index contributed by atoms with van der Waals surface area (Å²) in [6.07, 6.45) is 3.20. The van der Waals surface area contributed by atoms with Crippen molar-refractivity contribution in [2.75, 3.05) is 6.54 Å². The third-order valence-electron chi connectivity index (χ3n) is 3.47. The monoisotopic (exact) mass is 241 g/mol. The van der Waals surface area contributed by atoms with Crippen LogP contribution < -0.4 is 5.32 Å². The number of nitrogens with one attached hydrogen (secondary N) is 1. The van der Waals surface area contributed by atoms with Gasteiger partial charge in [-0.05, 0) is 62.4 Å². The van der Waals surface area contributed by atoms with Crippen LogP contribution in [0.5, 0.6) is 0 Å². The molecule has 1 N–H and O–H groups in total. The van der Waals surface area contributed by atoms with Gasteiger partial charge in [-0.25, -0.2) is 4.39 Å². The zero-order valence-corrected chi connectivity index (χ0v) is 10.5. The summed E-state index contributed by atoms with van der Waals surface area (Å²) in [5.41, 5.74) is 3.08. The Morgan fingerprint density at radius 2 is 2.25 bits per heavy atom. The van der Waals surface area contributed by atoms with E-state index in [0.29, 0.717) is 11.1 Å². The van der Waals surface area contributed by atoms with Gasteiger partial charge in [-0.1, -0.05) is 11.6 Å². The van der Waals surface area contributed by atoms with Crippen molar-refractivity contribution in [2.45, 2.75) is 39.2 Å². The fourth-order valence-corrected chi connectivity index (χ4v) is 2.60. The van der Waals surface area contributed by atoms with Gasteiger partial charge in [0, 0.05) is 6.04 Å². The van der Waals surface area contributed by atoms with Gasteiger partial charge in [-0.2, -0.15) is 0 Å². The maximum absolute atomic E-state index is 13.5. The predicted molar refractivity (Wildman–Crippen MR) is 65.6 cm³/mol. The molecule has 3 heteroatoms. The molecule has 1 unspecified atom stereocenters. The fourth-order valence-electron chi connectivity index (χ4n) is 2.33. The molecule has 1 aliphatic heterocycles. The summed E-state index contributed by atoms with van der Waals surface area (Å²) in [6.45, 7) is 5.01. The lowest BCUT2D eigenvalue weighted by molar-refractivity contribution is 0.590. The molecule has 1 atom stereocenters. The molecule has 0 bridgehead atoms. The van der Waals surface area contributed by atoms with Crippen LogP contribution in [0, 0.1) is 19.7 Å². The van der Waals surface area contributed by atoms with Gasteiger partial charge in [0.2, 0.25) is 0 Å². The van der Waals surface area contributed by atoms with Gasteiger partial charge in [-0.3, -0.25) is 0 Å². The van der Waals surface area contributed by atoms with Crippen LogP contribution in [-0.4, -0.2) is 12.6 Å². The normalized spacial score (nSPS) is 20.4. The van der Waals surface area contributed by atoms with Gasteiger partial charge in [0.1, 0.15) is 5.82 Å². The van der Waals surface area contributed by atoms with Crippen molar-refractivity contribution in [1.29, 1.82) is 0 Å². The van der Waals surface area contributed by atoms with Gasteiger partial charge in [0.05, 0.1) is 5.02 Å². The van der Waals surface area contributed by atoms with Crippen LogP contribution in [-0.2, 0) is 6.42 Å². The number of rotatable bonds is 2. The molecule has 1 heterocycles. The van der Waals surface area contributed by atoms with E-state index in [4.69, 9.17) is 11.6 Å².